The van der Waals surface area contributed by atoms with E-state index in [1.54, 1.807) is 29.8 Å². The third-order valence-electron chi connectivity index (χ3n) is 14.6. The summed E-state index contributed by atoms with van der Waals surface area (Å²) in [4.78, 5) is 13.1. The first-order valence-corrected chi connectivity index (χ1v) is 17.7. The van der Waals surface area contributed by atoms with Crippen molar-refractivity contribution in [1.82, 2.24) is 0 Å². The summed E-state index contributed by atoms with van der Waals surface area (Å²) in [5.41, 5.74) is 3.03. The fourth-order valence-electron chi connectivity index (χ4n) is 12.3. The number of carbonyl (C=O) groups is 1. The smallest absolute Gasteiger partial charge is 0.331 e. The largest absolute Gasteiger partial charge is 0.504 e. The summed E-state index contributed by atoms with van der Waals surface area (Å²) in [6.07, 6.45) is 17.1. The van der Waals surface area contributed by atoms with Gasteiger partial charge in [0, 0.05) is 11.5 Å². The van der Waals surface area contributed by atoms with Crippen molar-refractivity contribution in [2.24, 2.45) is 50.7 Å². The Morgan fingerprint density at radius 1 is 0.844 bits per heavy atom. The lowest BCUT2D eigenvalue weighted by atomic mass is 9.42. The number of aromatic hydroxyl groups is 1. The first-order valence-electron chi connectivity index (χ1n) is 17.7. The number of phenols is 1. The number of methoxy groups -OCH3 is 1. The first kappa shape index (κ1) is 32.7. The number of esters is 1. The lowest BCUT2D eigenvalue weighted by Crippen LogP contribution is -2.58. The Kier molecular flexibility index (Phi) is 8.11. The van der Waals surface area contributed by atoms with Gasteiger partial charge in [0.1, 0.15) is 6.10 Å². The number of rotatable bonds is 4. The van der Waals surface area contributed by atoms with Crippen LogP contribution in [0.5, 0.6) is 11.5 Å². The zero-order chi connectivity index (χ0) is 32.6. The van der Waals surface area contributed by atoms with Gasteiger partial charge >= 0.3 is 5.97 Å². The standard InChI is InChI=1S/C40H58O5/c1-36(2)30-14-11-26-24-38(5)20-17-31-37(3,4)34(45-35(43)16-10-25-9-13-28(41)29(23-25)44-8)19-22-40(31,7)32(38)15-12-27(26)39(30,6)21-18-33(36)42/h9-10,13,16,23-24,27,30-34,41-42H,11-12,14-15,17-22H2,1-8H3/b16-10+/t27-,30-,31-,32-,33-,34-,38-,39+,40-/m0/s1. The number of phenolic OH excluding ortho intramolecular Hbond substituents is 1. The van der Waals surface area contributed by atoms with Crippen molar-refractivity contribution in [1.29, 1.82) is 0 Å². The highest BCUT2D eigenvalue weighted by molar-refractivity contribution is 5.87. The van der Waals surface area contributed by atoms with Crippen LogP contribution >= 0.6 is 0 Å². The fourth-order valence-corrected chi connectivity index (χ4v) is 12.3. The third kappa shape index (κ3) is 5.18. The number of hydrogen-bond acceptors (Lipinski definition) is 5. The molecule has 1 aromatic rings. The van der Waals surface area contributed by atoms with Crippen LogP contribution in [0, 0.1) is 50.7 Å². The summed E-state index contributed by atoms with van der Waals surface area (Å²) < 4.78 is 11.4. The van der Waals surface area contributed by atoms with E-state index in [0.29, 0.717) is 29.4 Å². The first-order chi connectivity index (χ1) is 21.1. The van der Waals surface area contributed by atoms with Gasteiger partial charge in [-0.1, -0.05) is 66.2 Å². The molecule has 1 aromatic carbocycles. The van der Waals surface area contributed by atoms with Crippen molar-refractivity contribution >= 4 is 12.0 Å². The van der Waals surface area contributed by atoms with Gasteiger partial charge in [0.25, 0.3) is 0 Å². The molecule has 0 aliphatic heterocycles. The Hall–Kier alpha value is -2.27. The molecule has 0 unspecified atom stereocenters. The Balaban J connectivity index is 1.20. The van der Waals surface area contributed by atoms with Gasteiger partial charge in [0.2, 0.25) is 0 Å². The maximum Gasteiger partial charge on any atom is 0.331 e. The van der Waals surface area contributed by atoms with E-state index in [4.69, 9.17) is 9.47 Å². The molecule has 4 fully saturated rings. The van der Waals surface area contributed by atoms with Crippen molar-refractivity contribution in [2.75, 3.05) is 7.11 Å². The van der Waals surface area contributed by atoms with E-state index in [2.05, 4.69) is 54.5 Å². The molecule has 5 nitrogen and oxygen atoms in total. The second-order valence-corrected chi connectivity index (χ2v) is 17.5. The Morgan fingerprint density at radius 3 is 2.29 bits per heavy atom. The summed E-state index contributed by atoms with van der Waals surface area (Å²) in [6.45, 7) is 17.1. The number of ether oxygens (including phenoxy) is 2. The van der Waals surface area contributed by atoms with Crippen LogP contribution in [0.1, 0.15) is 118 Å². The van der Waals surface area contributed by atoms with E-state index in [1.165, 1.54) is 51.7 Å². The Bertz CT molecular complexity index is 1370. The van der Waals surface area contributed by atoms with Gasteiger partial charge in [-0.05, 0) is 133 Å². The van der Waals surface area contributed by atoms with Crippen molar-refractivity contribution in [3.8, 4) is 11.5 Å². The number of fused-ring (bicyclic) bond motifs is 6. The summed E-state index contributed by atoms with van der Waals surface area (Å²) in [7, 11) is 1.52. The van der Waals surface area contributed by atoms with Gasteiger partial charge < -0.3 is 19.7 Å². The molecule has 2 N–H and O–H groups in total. The zero-order valence-electron chi connectivity index (χ0n) is 29.1. The van der Waals surface area contributed by atoms with Crippen LogP contribution in [0.2, 0.25) is 0 Å². The average molecular weight is 619 g/mol. The number of allylic oxidation sites excluding steroid dienone is 2. The monoisotopic (exact) mass is 618 g/mol. The van der Waals surface area contributed by atoms with Gasteiger partial charge in [-0.3, -0.25) is 0 Å². The lowest BCUT2D eigenvalue weighted by Gasteiger charge is -2.63. The van der Waals surface area contributed by atoms with E-state index in [-0.39, 0.29) is 51.0 Å². The molecule has 5 heteroatoms. The third-order valence-corrected chi connectivity index (χ3v) is 14.6. The Morgan fingerprint density at radius 2 is 1.56 bits per heavy atom. The summed E-state index contributed by atoms with van der Waals surface area (Å²) in [6, 6.07) is 5.04. The maximum absolute atomic E-state index is 13.1. The summed E-state index contributed by atoms with van der Waals surface area (Å²) in [5.74, 6) is 2.45. The molecule has 5 aliphatic rings. The van der Waals surface area contributed by atoms with E-state index < -0.39 is 0 Å². The van der Waals surface area contributed by atoms with Crippen LogP contribution in [-0.2, 0) is 9.53 Å². The lowest BCUT2D eigenvalue weighted by molar-refractivity contribution is -0.186. The highest BCUT2D eigenvalue weighted by Gasteiger charge is 2.63. The second-order valence-electron chi connectivity index (χ2n) is 17.5. The van der Waals surface area contributed by atoms with Gasteiger partial charge in [0.05, 0.1) is 13.2 Å². The summed E-state index contributed by atoms with van der Waals surface area (Å²) >= 11 is 0. The zero-order valence-corrected chi connectivity index (χ0v) is 29.1. The number of aliphatic hydroxyl groups is 1. The van der Waals surface area contributed by atoms with Crippen LogP contribution in [0.15, 0.2) is 35.9 Å². The molecule has 5 aliphatic carbocycles. The minimum atomic E-state index is -0.309. The number of benzene rings is 1. The van der Waals surface area contributed by atoms with Crippen molar-refractivity contribution < 1.29 is 24.5 Å². The van der Waals surface area contributed by atoms with E-state index in [1.807, 2.05) is 0 Å². The Labute approximate surface area is 271 Å². The van der Waals surface area contributed by atoms with E-state index in [9.17, 15) is 15.0 Å². The minimum absolute atomic E-state index is 0.0233. The molecule has 45 heavy (non-hydrogen) atoms. The van der Waals surface area contributed by atoms with Gasteiger partial charge in [0.15, 0.2) is 11.5 Å². The number of hydrogen-bond donors (Lipinski definition) is 2. The van der Waals surface area contributed by atoms with E-state index >= 15 is 0 Å². The van der Waals surface area contributed by atoms with Gasteiger partial charge in [-0.2, -0.15) is 0 Å². The predicted octanol–water partition coefficient (Wildman–Crippen LogP) is 9.12. The highest BCUT2D eigenvalue weighted by atomic mass is 16.5. The van der Waals surface area contributed by atoms with Crippen LogP contribution in [-0.4, -0.2) is 35.5 Å². The SMILES string of the molecule is COc1cc(/C=C/C(=O)O[C@H]2CC[C@]3(C)[C@H]4CC[C@H]5C(=C[C@]4(C)CC[C@H]3C2(C)C)CC[C@H]2C(C)(C)[C@@H](O)CC[C@]52C)ccc1O. The fraction of sp³-hybridized carbons (Fsp3) is 0.725. The second kappa shape index (κ2) is 11.2. The van der Waals surface area contributed by atoms with Crippen molar-refractivity contribution in [3.05, 3.63) is 41.5 Å². The molecular weight excluding hydrogens is 560 g/mol. The molecule has 248 valence electrons. The van der Waals surface area contributed by atoms with Crippen LogP contribution in [0.4, 0.5) is 0 Å². The van der Waals surface area contributed by atoms with Crippen molar-refractivity contribution in [3.63, 3.8) is 0 Å². The highest BCUT2D eigenvalue weighted by Crippen LogP contribution is 2.69. The molecule has 6 rings (SSSR count). The van der Waals surface area contributed by atoms with Gasteiger partial charge in [-0.15, -0.1) is 0 Å². The van der Waals surface area contributed by atoms with E-state index in [0.717, 1.165) is 31.2 Å². The molecule has 0 spiro atoms. The molecule has 0 aromatic heterocycles. The molecule has 4 saturated carbocycles. The molecule has 0 bridgehead atoms. The summed E-state index contributed by atoms with van der Waals surface area (Å²) in [5, 5.41) is 20.9. The molecular formula is C40H58O5. The van der Waals surface area contributed by atoms with Crippen LogP contribution in [0.3, 0.4) is 0 Å². The molecule has 0 heterocycles. The average Bonchev–Trinajstić information content (AvgIpc) is 3.13. The molecule has 0 amide bonds. The molecule has 0 saturated heterocycles. The predicted molar refractivity (Wildman–Crippen MR) is 180 cm³/mol. The maximum atomic E-state index is 13.1. The van der Waals surface area contributed by atoms with Gasteiger partial charge in [-0.25, -0.2) is 4.79 Å². The molecule has 9 atom stereocenters. The quantitative estimate of drug-likeness (QED) is 0.200. The molecule has 0 radical (unpaired) electrons. The number of carbonyl (C=O) groups excluding carboxylic acids is 1. The normalized spacial score (nSPS) is 41.8. The topological polar surface area (TPSA) is 76.0 Å². The van der Waals surface area contributed by atoms with Crippen LogP contribution < -0.4 is 4.74 Å². The van der Waals surface area contributed by atoms with Crippen LogP contribution in [0.25, 0.3) is 6.08 Å². The number of aliphatic hydroxyl groups excluding tert-OH is 1. The van der Waals surface area contributed by atoms with Crippen molar-refractivity contribution in [2.45, 2.75) is 125 Å². The minimum Gasteiger partial charge on any atom is -0.504 e.